The van der Waals surface area contributed by atoms with Crippen molar-refractivity contribution in [1.82, 2.24) is 5.32 Å². The van der Waals surface area contributed by atoms with Gasteiger partial charge in [-0.1, -0.05) is 0 Å². The molecule has 0 radical (unpaired) electrons. The molecule has 1 aliphatic heterocycles. The molecular weight excluding hydrogens is 230 g/mol. The molecule has 1 N–H and O–H groups in total. The van der Waals surface area contributed by atoms with E-state index in [1.54, 1.807) is 0 Å². The number of ether oxygens (including phenoxy) is 2. The van der Waals surface area contributed by atoms with E-state index in [2.05, 4.69) is 5.32 Å². The molecule has 0 fully saturated rings. The van der Waals surface area contributed by atoms with Gasteiger partial charge in [0, 0.05) is 6.54 Å². The zero-order valence-corrected chi connectivity index (χ0v) is 9.63. The molecule has 16 heavy (non-hydrogen) atoms. The first-order valence-electron chi connectivity index (χ1n) is 4.99. The number of aryl methyl sites for hydroxylation is 1. The van der Waals surface area contributed by atoms with Crippen LogP contribution in [-0.4, -0.2) is 18.6 Å². The van der Waals surface area contributed by atoms with Crippen molar-refractivity contribution in [2.75, 3.05) is 13.2 Å². The first kappa shape index (κ1) is 11.1. The minimum Gasteiger partial charge on any atom is -0.486 e. The third-order valence-electron chi connectivity index (χ3n) is 2.42. The molecule has 0 aliphatic carbocycles. The van der Waals surface area contributed by atoms with E-state index in [0.717, 1.165) is 22.6 Å². The molecule has 5 heteroatoms. The number of benzene rings is 1. The van der Waals surface area contributed by atoms with E-state index in [1.807, 2.05) is 19.1 Å². The average Bonchev–Trinajstić information content (AvgIpc) is 2.26. The lowest BCUT2D eigenvalue weighted by atomic mass is 10.1. The summed E-state index contributed by atoms with van der Waals surface area (Å²) in [5.74, 6) is 1.47. The molecule has 4 nitrogen and oxygen atoms in total. The SMILES string of the molecule is Cc1cc2c(cc1CNC(=O)Cl)OCCO2. The molecule has 0 aromatic heterocycles. The van der Waals surface area contributed by atoms with E-state index in [4.69, 9.17) is 21.1 Å². The van der Waals surface area contributed by atoms with Crippen molar-refractivity contribution in [2.45, 2.75) is 13.5 Å². The molecule has 0 bridgehead atoms. The summed E-state index contributed by atoms with van der Waals surface area (Å²) in [6.07, 6.45) is 0. The Kier molecular flexibility index (Phi) is 3.19. The molecule has 0 atom stereocenters. The fraction of sp³-hybridized carbons (Fsp3) is 0.364. The van der Waals surface area contributed by atoms with Gasteiger partial charge >= 0.3 is 5.37 Å². The summed E-state index contributed by atoms with van der Waals surface area (Å²) in [6, 6.07) is 3.78. The molecule has 1 heterocycles. The topological polar surface area (TPSA) is 47.6 Å². The number of carbonyl (C=O) groups is 1. The predicted molar refractivity (Wildman–Crippen MR) is 60.3 cm³/mol. The van der Waals surface area contributed by atoms with E-state index >= 15 is 0 Å². The van der Waals surface area contributed by atoms with Crippen LogP contribution in [0.4, 0.5) is 4.79 Å². The van der Waals surface area contributed by atoms with Crippen LogP contribution in [0.3, 0.4) is 0 Å². The molecular formula is C11H12ClNO3. The van der Waals surface area contributed by atoms with Gasteiger partial charge in [-0.2, -0.15) is 0 Å². The number of rotatable bonds is 2. The molecule has 1 aromatic rings. The third kappa shape index (κ3) is 2.39. The van der Waals surface area contributed by atoms with Crippen LogP contribution in [0.15, 0.2) is 12.1 Å². The third-order valence-corrected chi connectivity index (χ3v) is 2.55. The summed E-state index contributed by atoms with van der Waals surface area (Å²) in [7, 11) is 0. The lowest BCUT2D eigenvalue weighted by Crippen LogP contribution is -2.18. The van der Waals surface area contributed by atoms with Crippen LogP contribution in [-0.2, 0) is 6.54 Å². The molecule has 1 amide bonds. The largest absolute Gasteiger partial charge is 0.486 e. The molecule has 1 aromatic carbocycles. The van der Waals surface area contributed by atoms with E-state index in [1.165, 1.54) is 0 Å². The number of carbonyl (C=O) groups excluding carboxylic acids is 1. The van der Waals surface area contributed by atoms with Crippen LogP contribution in [0.2, 0.25) is 0 Å². The van der Waals surface area contributed by atoms with Crippen LogP contribution in [0.1, 0.15) is 11.1 Å². The van der Waals surface area contributed by atoms with Gasteiger partial charge in [0.1, 0.15) is 13.2 Å². The van der Waals surface area contributed by atoms with Gasteiger partial charge in [0.05, 0.1) is 0 Å². The number of hydrogen-bond acceptors (Lipinski definition) is 3. The summed E-state index contributed by atoms with van der Waals surface area (Å²) >= 11 is 5.22. The standard InChI is InChI=1S/C11H12ClNO3/c1-7-4-9-10(16-3-2-15-9)5-8(7)6-13-11(12)14/h4-5H,2-3,6H2,1H3,(H,13,14). The van der Waals surface area contributed by atoms with Crippen molar-refractivity contribution in [3.05, 3.63) is 23.3 Å². The van der Waals surface area contributed by atoms with Gasteiger partial charge in [-0.15, -0.1) is 0 Å². The van der Waals surface area contributed by atoms with Crippen molar-refractivity contribution in [2.24, 2.45) is 0 Å². The first-order valence-corrected chi connectivity index (χ1v) is 5.37. The second kappa shape index (κ2) is 4.61. The van der Waals surface area contributed by atoms with Gasteiger partial charge < -0.3 is 14.8 Å². The van der Waals surface area contributed by atoms with Crippen molar-refractivity contribution in [3.63, 3.8) is 0 Å². The van der Waals surface area contributed by atoms with Gasteiger partial charge in [-0.3, -0.25) is 4.79 Å². The maximum atomic E-state index is 10.6. The first-order chi connectivity index (χ1) is 7.66. The van der Waals surface area contributed by atoms with Gasteiger partial charge in [-0.05, 0) is 41.8 Å². The maximum Gasteiger partial charge on any atom is 0.314 e. The van der Waals surface area contributed by atoms with E-state index < -0.39 is 5.37 Å². The average molecular weight is 242 g/mol. The van der Waals surface area contributed by atoms with Crippen LogP contribution >= 0.6 is 11.6 Å². The summed E-state index contributed by atoms with van der Waals surface area (Å²) < 4.78 is 10.9. The molecule has 0 spiro atoms. The monoisotopic (exact) mass is 241 g/mol. The van der Waals surface area contributed by atoms with Gasteiger partial charge in [-0.25, -0.2) is 0 Å². The quantitative estimate of drug-likeness (QED) is 0.638. The van der Waals surface area contributed by atoms with Crippen LogP contribution in [0.25, 0.3) is 0 Å². The molecule has 2 rings (SSSR count). The van der Waals surface area contributed by atoms with Crippen molar-refractivity contribution in [1.29, 1.82) is 0 Å². The fourth-order valence-corrected chi connectivity index (χ4v) is 1.65. The Morgan fingerprint density at radius 3 is 2.62 bits per heavy atom. The predicted octanol–water partition coefficient (Wildman–Crippen LogP) is 2.21. The number of fused-ring (bicyclic) bond motifs is 1. The Hall–Kier alpha value is -1.42. The van der Waals surface area contributed by atoms with Crippen LogP contribution in [0, 0.1) is 6.92 Å². The normalized spacial score (nSPS) is 13.4. The van der Waals surface area contributed by atoms with E-state index in [-0.39, 0.29) is 0 Å². The Labute approximate surface area is 98.5 Å². The molecule has 0 unspecified atom stereocenters. The van der Waals surface area contributed by atoms with Gasteiger partial charge in [0.15, 0.2) is 11.5 Å². The second-order valence-electron chi connectivity index (χ2n) is 3.55. The lowest BCUT2D eigenvalue weighted by Gasteiger charge is -2.20. The van der Waals surface area contributed by atoms with Crippen molar-refractivity contribution >= 4 is 17.0 Å². The number of hydrogen-bond donors (Lipinski definition) is 1. The second-order valence-corrected chi connectivity index (χ2v) is 3.89. The summed E-state index contributed by atoms with van der Waals surface area (Å²) in [5, 5.41) is 1.98. The Morgan fingerprint density at radius 2 is 2.00 bits per heavy atom. The minimum atomic E-state index is -0.561. The zero-order chi connectivity index (χ0) is 11.5. The Balaban J connectivity index is 2.21. The van der Waals surface area contributed by atoms with Gasteiger partial charge in [0.2, 0.25) is 0 Å². The Bertz CT molecular complexity index is 420. The molecule has 0 saturated carbocycles. The van der Waals surface area contributed by atoms with Crippen LogP contribution < -0.4 is 14.8 Å². The Morgan fingerprint density at radius 1 is 1.38 bits per heavy atom. The summed E-state index contributed by atoms with van der Waals surface area (Å²) in [4.78, 5) is 10.6. The molecule has 86 valence electrons. The van der Waals surface area contributed by atoms with E-state index in [9.17, 15) is 4.79 Å². The maximum absolute atomic E-state index is 10.6. The minimum absolute atomic E-state index is 0.394. The highest BCUT2D eigenvalue weighted by atomic mass is 35.5. The summed E-state index contributed by atoms with van der Waals surface area (Å²) in [5.41, 5.74) is 2.01. The van der Waals surface area contributed by atoms with Crippen molar-refractivity contribution < 1.29 is 14.3 Å². The highest BCUT2D eigenvalue weighted by Gasteiger charge is 2.14. The van der Waals surface area contributed by atoms with Crippen LogP contribution in [0.5, 0.6) is 11.5 Å². The van der Waals surface area contributed by atoms with E-state index in [0.29, 0.717) is 19.8 Å². The van der Waals surface area contributed by atoms with Gasteiger partial charge in [0.25, 0.3) is 0 Å². The highest BCUT2D eigenvalue weighted by molar-refractivity contribution is 6.62. The number of nitrogens with one attached hydrogen (secondary N) is 1. The highest BCUT2D eigenvalue weighted by Crippen LogP contribution is 2.32. The fourth-order valence-electron chi connectivity index (χ4n) is 1.59. The smallest absolute Gasteiger partial charge is 0.314 e. The molecule has 1 aliphatic rings. The summed E-state index contributed by atoms with van der Waals surface area (Å²) in [6.45, 7) is 3.47. The number of amides is 1. The van der Waals surface area contributed by atoms with Crippen molar-refractivity contribution in [3.8, 4) is 11.5 Å². The molecule has 0 saturated heterocycles. The zero-order valence-electron chi connectivity index (χ0n) is 8.88. The number of halogens is 1. The lowest BCUT2D eigenvalue weighted by molar-refractivity contribution is 0.171.